The molecule has 0 atom stereocenters. The van der Waals surface area contributed by atoms with Crippen molar-refractivity contribution in [1.29, 1.82) is 5.26 Å². The predicted octanol–water partition coefficient (Wildman–Crippen LogP) is 5.40. The van der Waals surface area contributed by atoms with Crippen molar-refractivity contribution in [2.75, 3.05) is 11.1 Å². The summed E-state index contributed by atoms with van der Waals surface area (Å²) in [5, 5.41) is 15.6. The number of halogens is 1. The molecule has 0 unspecified atom stereocenters. The Morgan fingerprint density at radius 2 is 2.07 bits per heavy atom. The Morgan fingerprint density at radius 1 is 1.24 bits per heavy atom. The Balaban J connectivity index is 1.56. The number of rotatable bonds is 6. The minimum Gasteiger partial charge on any atom is -0.316 e. The molecule has 144 valence electrons. The van der Waals surface area contributed by atoms with Gasteiger partial charge < -0.3 is 9.88 Å². The first-order chi connectivity index (χ1) is 14.1. The van der Waals surface area contributed by atoms with E-state index in [4.69, 9.17) is 16.9 Å². The lowest BCUT2D eigenvalue weighted by Gasteiger charge is -2.09. The highest BCUT2D eigenvalue weighted by Gasteiger charge is 2.15. The van der Waals surface area contributed by atoms with Crippen LogP contribution >= 0.6 is 34.7 Å². The van der Waals surface area contributed by atoms with Crippen molar-refractivity contribution in [2.24, 2.45) is 0 Å². The summed E-state index contributed by atoms with van der Waals surface area (Å²) in [6, 6.07) is 19.5. The molecule has 4 aromatic rings. The maximum atomic E-state index is 12.4. The van der Waals surface area contributed by atoms with Crippen LogP contribution in [0, 0.1) is 11.3 Å². The van der Waals surface area contributed by atoms with Gasteiger partial charge in [-0.25, -0.2) is 4.98 Å². The molecule has 0 saturated heterocycles. The smallest absolute Gasteiger partial charge is 0.235 e. The number of thioether (sulfide) groups is 1. The number of amides is 1. The quantitative estimate of drug-likeness (QED) is 0.409. The first-order valence-corrected chi connectivity index (χ1v) is 11.0. The van der Waals surface area contributed by atoms with Crippen LogP contribution in [0.5, 0.6) is 0 Å². The van der Waals surface area contributed by atoms with Crippen LogP contribution in [0.3, 0.4) is 0 Å². The second-order valence-electron chi connectivity index (χ2n) is 6.21. The maximum Gasteiger partial charge on any atom is 0.235 e. The Kier molecular flexibility index (Phi) is 5.86. The van der Waals surface area contributed by atoms with Gasteiger partial charge in [0.05, 0.1) is 28.9 Å². The fourth-order valence-corrected chi connectivity index (χ4v) is 4.63. The van der Waals surface area contributed by atoms with E-state index in [1.165, 1.54) is 23.1 Å². The predicted molar refractivity (Wildman–Crippen MR) is 119 cm³/mol. The Morgan fingerprint density at radius 3 is 2.86 bits per heavy atom. The zero-order chi connectivity index (χ0) is 20.2. The van der Waals surface area contributed by atoms with Gasteiger partial charge in [-0.05, 0) is 35.2 Å². The highest BCUT2D eigenvalue weighted by atomic mass is 35.5. The molecule has 0 aliphatic carbocycles. The van der Waals surface area contributed by atoms with Crippen LogP contribution in [0.4, 0.5) is 5.00 Å². The molecule has 0 saturated carbocycles. The number of aromatic nitrogens is 2. The molecule has 2 aromatic heterocycles. The number of thiophene rings is 1. The van der Waals surface area contributed by atoms with Gasteiger partial charge >= 0.3 is 0 Å². The van der Waals surface area contributed by atoms with E-state index in [9.17, 15) is 4.79 Å². The molecule has 5 nitrogen and oxygen atoms in total. The average molecular weight is 439 g/mol. The van der Waals surface area contributed by atoms with Gasteiger partial charge in [0.15, 0.2) is 5.16 Å². The van der Waals surface area contributed by atoms with Crippen molar-refractivity contribution in [2.45, 2.75) is 11.7 Å². The van der Waals surface area contributed by atoms with E-state index in [2.05, 4.69) is 33.1 Å². The van der Waals surface area contributed by atoms with Crippen LogP contribution in [-0.2, 0) is 11.3 Å². The summed E-state index contributed by atoms with van der Waals surface area (Å²) in [5.41, 5.74) is 3.37. The molecule has 1 N–H and O–H groups in total. The Hall–Kier alpha value is -2.79. The number of benzene rings is 2. The molecule has 2 heterocycles. The number of anilines is 1. The number of hydrogen-bond acceptors (Lipinski definition) is 5. The number of imidazole rings is 1. The van der Waals surface area contributed by atoms with Gasteiger partial charge in [-0.1, -0.05) is 53.7 Å². The van der Waals surface area contributed by atoms with Crippen LogP contribution in [-0.4, -0.2) is 21.2 Å². The minimum atomic E-state index is -0.176. The maximum absolute atomic E-state index is 12.4. The number of nitriles is 1. The van der Waals surface area contributed by atoms with Crippen LogP contribution in [0.1, 0.15) is 11.1 Å². The van der Waals surface area contributed by atoms with Crippen molar-refractivity contribution < 1.29 is 4.79 Å². The first kappa shape index (κ1) is 19.5. The van der Waals surface area contributed by atoms with Gasteiger partial charge in [0.2, 0.25) is 5.91 Å². The summed E-state index contributed by atoms with van der Waals surface area (Å²) >= 11 is 8.83. The van der Waals surface area contributed by atoms with E-state index < -0.39 is 0 Å². The number of carbonyl (C=O) groups is 1. The van der Waals surface area contributed by atoms with Gasteiger partial charge in [0.25, 0.3) is 0 Å². The van der Waals surface area contributed by atoms with E-state index in [1.807, 2.05) is 36.4 Å². The highest BCUT2D eigenvalue weighted by molar-refractivity contribution is 7.99. The van der Waals surface area contributed by atoms with E-state index in [-0.39, 0.29) is 11.7 Å². The topological polar surface area (TPSA) is 70.7 Å². The van der Waals surface area contributed by atoms with E-state index in [0.29, 0.717) is 22.1 Å². The highest BCUT2D eigenvalue weighted by Crippen LogP contribution is 2.28. The Labute approximate surface area is 180 Å². The molecule has 0 bridgehead atoms. The number of nitrogens with zero attached hydrogens (tertiary/aromatic N) is 3. The third-order valence-corrected chi connectivity index (χ3v) is 6.27. The van der Waals surface area contributed by atoms with E-state index >= 15 is 0 Å². The summed E-state index contributed by atoms with van der Waals surface area (Å²) in [4.78, 5) is 17.1. The van der Waals surface area contributed by atoms with Crippen molar-refractivity contribution >= 4 is 56.6 Å². The van der Waals surface area contributed by atoms with Gasteiger partial charge in [-0.2, -0.15) is 5.26 Å². The number of fused-ring (bicyclic) bond motifs is 1. The number of carbonyl (C=O) groups excluding carboxylic acids is 1. The molecular formula is C21H15ClN4OS2. The monoisotopic (exact) mass is 438 g/mol. The molecule has 0 aliphatic rings. The summed E-state index contributed by atoms with van der Waals surface area (Å²) in [6.45, 7) is 0.645. The third kappa shape index (κ3) is 4.46. The lowest BCUT2D eigenvalue weighted by molar-refractivity contribution is -0.113. The van der Waals surface area contributed by atoms with Crippen LogP contribution in [0.25, 0.3) is 11.0 Å². The molecule has 0 spiro atoms. The SMILES string of the molecule is N#Cc1ccsc1NC(=O)CSc1nc2cc(Cl)ccc2n1Cc1ccccc1. The number of hydrogen-bond donors (Lipinski definition) is 1. The largest absolute Gasteiger partial charge is 0.316 e. The lowest BCUT2D eigenvalue weighted by Crippen LogP contribution is -2.14. The molecule has 1 amide bonds. The summed E-state index contributed by atoms with van der Waals surface area (Å²) < 4.78 is 2.09. The molecule has 4 rings (SSSR count). The van der Waals surface area contributed by atoms with Crippen molar-refractivity contribution in [3.05, 3.63) is 76.1 Å². The minimum absolute atomic E-state index is 0.176. The molecule has 0 radical (unpaired) electrons. The molecule has 0 fully saturated rings. The molecule has 8 heteroatoms. The molecule has 2 aromatic carbocycles. The zero-order valence-electron chi connectivity index (χ0n) is 15.1. The third-order valence-electron chi connectivity index (χ3n) is 4.23. The zero-order valence-corrected chi connectivity index (χ0v) is 17.5. The van der Waals surface area contributed by atoms with Gasteiger partial charge in [0, 0.05) is 5.02 Å². The van der Waals surface area contributed by atoms with E-state index in [0.717, 1.165) is 21.8 Å². The first-order valence-electron chi connectivity index (χ1n) is 8.74. The average Bonchev–Trinajstić information content (AvgIpc) is 3.31. The molecular weight excluding hydrogens is 424 g/mol. The Bertz CT molecular complexity index is 1210. The van der Waals surface area contributed by atoms with Gasteiger partial charge in [-0.15, -0.1) is 11.3 Å². The van der Waals surface area contributed by atoms with Crippen molar-refractivity contribution in [1.82, 2.24) is 9.55 Å². The van der Waals surface area contributed by atoms with Crippen LogP contribution in [0.15, 0.2) is 65.1 Å². The van der Waals surface area contributed by atoms with E-state index in [1.54, 1.807) is 11.4 Å². The van der Waals surface area contributed by atoms with Gasteiger partial charge in [-0.3, -0.25) is 4.79 Å². The van der Waals surface area contributed by atoms with Gasteiger partial charge in [0.1, 0.15) is 11.1 Å². The summed E-state index contributed by atoms with van der Waals surface area (Å²) in [7, 11) is 0. The second kappa shape index (κ2) is 8.70. The molecule has 29 heavy (non-hydrogen) atoms. The normalized spacial score (nSPS) is 10.8. The van der Waals surface area contributed by atoms with Crippen molar-refractivity contribution in [3.63, 3.8) is 0 Å². The second-order valence-corrected chi connectivity index (χ2v) is 8.51. The lowest BCUT2D eigenvalue weighted by atomic mass is 10.2. The summed E-state index contributed by atoms with van der Waals surface area (Å²) in [5.74, 6) is 0.0135. The fourth-order valence-electron chi connectivity index (χ4n) is 2.90. The number of nitrogens with one attached hydrogen (secondary N) is 1. The molecule has 0 aliphatic heterocycles. The van der Waals surface area contributed by atoms with Crippen LogP contribution < -0.4 is 5.32 Å². The van der Waals surface area contributed by atoms with Crippen molar-refractivity contribution in [3.8, 4) is 6.07 Å². The standard InChI is InChI=1S/C21H15ClN4OS2/c22-16-6-7-18-17(10-16)24-21(26(18)12-14-4-2-1-3-5-14)29-13-19(27)25-20-15(11-23)8-9-28-20/h1-10H,12-13H2,(H,25,27). The van der Waals surface area contributed by atoms with Crippen LogP contribution in [0.2, 0.25) is 5.02 Å². The summed E-state index contributed by atoms with van der Waals surface area (Å²) in [6.07, 6.45) is 0. The fraction of sp³-hybridized carbons (Fsp3) is 0.0952.